The number of hydrogen-bond donors (Lipinski definition) is 1. The predicted octanol–water partition coefficient (Wildman–Crippen LogP) is -0.325. The molecule has 0 aromatic carbocycles. The summed E-state index contributed by atoms with van der Waals surface area (Å²) < 4.78 is 4.46. The van der Waals surface area contributed by atoms with E-state index in [-0.39, 0.29) is 5.97 Å². The van der Waals surface area contributed by atoms with Gasteiger partial charge in [0.25, 0.3) is 0 Å². The summed E-state index contributed by atoms with van der Waals surface area (Å²) >= 11 is 0. The number of methoxy groups -OCH3 is 1. The van der Waals surface area contributed by atoms with Gasteiger partial charge in [-0.25, -0.2) is 4.79 Å². The van der Waals surface area contributed by atoms with Crippen LogP contribution >= 0.6 is 0 Å². The fourth-order valence-electron chi connectivity index (χ4n) is 0.623. The molecule has 0 atom stereocenters. The van der Waals surface area contributed by atoms with Crippen molar-refractivity contribution < 1.29 is 9.53 Å². The van der Waals surface area contributed by atoms with E-state index in [0.717, 1.165) is 0 Å². The van der Waals surface area contributed by atoms with Crippen molar-refractivity contribution in [2.75, 3.05) is 13.7 Å². The molecule has 1 aliphatic heterocycles. The summed E-state index contributed by atoms with van der Waals surface area (Å²) in [5.74, 6) is -0.355. The Morgan fingerprint density at radius 1 is 1.90 bits per heavy atom. The van der Waals surface area contributed by atoms with Crippen LogP contribution in [0.4, 0.5) is 0 Å². The van der Waals surface area contributed by atoms with E-state index >= 15 is 0 Å². The first-order valence-electron chi connectivity index (χ1n) is 2.88. The van der Waals surface area contributed by atoms with Crippen LogP contribution in [0.2, 0.25) is 0 Å². The molecule has 0 saturated heterocycles. The van der Waals surface area contributed by atoms with Gasteiger partial charge in [-0.1, -0.05) is 0 Å². The third kappa shape index (κ3) is 1.34. The first kappa shape index (κ1) is 6.80. The molecule has 0 unspecified atom stereocenters. The summed E-state index contributed by atoms with van der Waals surface area (Å²) in [6.07, 6.45) is 3.15. The Kier molecular flexibility index (Phi) is 2.04. The number of rotatable bonds is 1. The summed E-state index contributed by atoms with van der Waals surface area (Å²) in [7, 11) is 1.34. The van der Waals surface area contributed by atoms with Gasteiger partial charge in [-0.05, 0) is 6.08 Å². The third-order valence-corrected chi connectivity index (χ3v) is 1.12. The highest BCUT2D eigenvalue weighted by molar-refractivity contribution is 5.91. The van der Waals surface area contributed by atoms with Crippen molar-refractivity contribution in [3.05, 3.63) is 11.8 Å². The van der Waals surface area contributed by atoms with Gasteiger partial charge >= 0.3 is 5.97 Å². The lowest BCUT2D eigenvalue weighted by Gasteiger charge is -2.06. The lowest BCUT2D eigenvalue weighted by atomic mass is 10.4. The topological polar surface area (TPSA) is 50.7 Å². The minimum absolute atomic E-state index is 0.355. The third-order valence-electron chi connectivity index (χ3n) is 1.12. The Bertz CT molecular complexity index is 196. The molecule has 0 radical (unpaired) electrons. The molecule has 1 heterocycles. The SMILES string of the molecule is COC(=O)C1=CCN=CN1. The summed E-state index contributed by atoms with van der Waals surface area (Å²) in [4.78, 5) is 14.6. The first-order valence-corrected chi connectivity index (χ1v) is 2.88. The zero-order chi connectivity index (χ0) is 7.40. The van der Waals surface area contributed by atoms with E-state index in [1.165, 1.54) is 13.4 Å². The maximum absolute atomic E-state index is 10.8. The molecule has 1 rings (SSSR count). The lowest BCUT2D eigenvalue weighted by Crippen LogP contribution is -2.22. The molecule has 0 aromatic heterocycles. The fourth-order valence-corrected chi connectivity index (χ4v) is 0.623. The van der Waals surface area contributed by atoms with E-state index in [2.05, 4.69) is 15.0 Å². The average molecular weight is 140 g/mol. The largest absolute Gasteiger partial charge is 0.464 e. The molecule has 0 aliphatic carbocycles. The molecule has 0 aromatic rings. The zero-order valence-corrected chi connectivity index (χ0v) is 5.63. The van der Waals surface area contributed by atoms with Crippen molar-refractivity contribution in [3.8, 4) is 0 Å². The minimum Gasteiger partial charge on any atom is -0.464 e. The maximum atomic E-state index is 10.8. The molecule has 0 amide bonds. The molecular weight excluding hydrogens is 132 g/mol. The van der Waals surface area contributed by atoms with Crippen molar-refractivity contribution in [2.24, 2.45) is 4.99 Å². The van der Waals surface area contributed by atoms with Crippen LogP contribution in [-0.4, -0.2) is 26.0 Å². The van der Waals surface area contributed by atoms with E-state index in [0.29, 0.717) is 12.2 Å². The van der Waals surface area contributed by atoms with E-state index < -0.39 is 0 Å². The van der Waals surface area contributed by atoms with Gasteiger partial charge < -0.3 is 10.1 Å². The molecule has 54 valence electrons. The molecule has 0 bridgehead atoms. The number of carbonyl (C=O) groups excluding carboxylic acids is 1. The van der Waals surface area contributed by atoms with Crippen LogP contribution in [0.25, 0.3) is 0 Å². The monoisotopic (exact) mass is 140 g/mol. The van der Waals surface area contributed by atoms with Gasteiger partial charge in [-0.3, -0.25) is 4.99 Å². The van der Waals surface area contributed by atoms with Gasteiger partial charge in [-0.2, -0.15) is 0 Å². The van der Waals surface area contributed by atoms with Crippen LogP contribution in [0.1, 0.15) is 0 Å². The number of carbonyl (C=O) groups is 1. The number of esters is 1. The Morgan fingerprint density at radius 2 is 2.70 bits per heavy atom. The minimum atomic E-state index is -0.355. The van der Waals surface area contributed by atoms with E-state index in [9.17, 15) is 4.79 Å². The maximum Gasteiger partial charge on any atom is 0.354 e. The lowest BCUT2D eigenvalue weighted by molar-refractivity contribution is -0.136. The van der Waals surface area contributed by atoms with E-state index in [1.807, 2.05) is 0 Å². The number of aliphatic imine (C=N–C) groups is 1. The van der Waals surface area contributed by atoms with E-state index in [4.69, 9.17) is 0 Å². The Morgan fingerprint density at radius 3 is 3.20 bits per heavy atom. The highest BCUT2D eigenvalue weighted by atomic mass is 16.5. The van der Waals surface area contributed by atoms with Crippen molar-refractivity contribution in [3.63, 3.8) is 0 Å². The second kappa shape index (κ2) is 3.00. The average Bonchev–Trinajstić information content (AvgIpc) is 2.05. The second-order valence-corrected chi connectivity index (χ2v) is 1.75. The highest BCUT2D eigenvalue weighted by Gasteiger charge is 2.08. The standard InChI is InChI=1S/C6H8N2O2/c1-10-6(9)5-2-3-7-4-8-5/h2,4H,3H2,1H3,(H,7,8). The van der Waals surface area contributed by atoms with Gasteiger partial charge in [0, 0.05) is 0 Å². The normalized spacial score (nSPS) is 15.5. The van der Waals surface area contributed by atoms with Crippen molar-refractivity contribution in [2.45, 2.75) is 0 Å². The molecule has 4 heteroatoms. The summed E-state index contributed by atoms with van der Waals surface area (Å²) in [5.41, 5.74) is 0.456. The molecule has 1 aliphatic rings. The molecule has 0 spiro atoms. The van der Waals surface area contributed by atoms with Crippen molar-refractivity contribution in [1.29, 1.82) is 0 Å². The second-order valence-electron chi connectivity index (χ2n) is 1.75. The molecule has 1 N–H and O–H groups in total. The molecule has 0 saturated carbocycles. The number of nitrogens with one attached hydrogen (secondary N) is 1. The van der Waals surface area contributed by atoms with E-state index in [1.54, 1.807) is 6.08 Å². The summed E-state index contributed by atoms with van der Waals surface area (Å²) in [6.45, 7) is 0.539. The molecular formula is C6H8N2O2. The van der Waals surface area contributed by atoms with Gasteiger partial charge in [0.1, 0.15) is 5.70 Å². The smallest absolute Gasteiger partial charge is 0.354 e. The Labute approximate surface area is 58.6 Å². The fraction of sp³-hybridized carbons (Fsp3) is 0.333. The van der Waals surface area contributed by atoms with Crippen molar-refractivity contribution in [1.82, 2.24) is 5.32 Å². The molecule has 4 nitrogen and oxygen atoms in total. The highest BCUT2D eigenvalue weighted by Crippen LogP contribution is 1.94. The van der Waals surface area contributed by atoms with Gasteiger partial charge in [-0.15, -0.1) is 0 Å². The van der Waals surface area contributed by atoms with Crippen LogP contribution < -0.4 is 5.32 Å². The quantitative estimate of drug-likeness (QED) is 0.507. The number of ether oxygens (including phenoxy) is 1. The molecule has 10 heavy (non-hydrogen) atoms. The first-order chi connectivity index (χ1) is 4.84. The number of hydrogen-bond acceptors (Lipinski definition) is 4. The zero-order valence-electron chi connectivity index (χ0n) is 5.63. The van der Waals surface area contributed by atoms with Crippen LogP contribution in [0, 0.1) is 0 Å². The van der Waals surface area contributed by atoms with Crippen LogP contribution in [0.15, 0.2) is 16.8 Å². The Hall–Kier alpha value is -1.32. The van der Waals surface area contributed by atoms with Crippen LogP contribution in [-0.2, 0) is 9.53 Å². The van der Waals surface area contributed by atoms with Crippen LogP contribution in [0.3, 0.4) is 0 Å². The van der Waals surface area contributed by atoms with Gasteiger partial charge in [0.2, 0.25) is 0 Å². The molecule has 0 fully saturated rings. The van der Waals surface area contributed by atoms with Gasteiger partial charge in [0.15, 0.2) is 0 Å². The Balaban J connectivity index is 2.56. The number of nitrogens with zero attached hydrogens (tertiary/aromatic N) is 1. The van der Waals surface area contributed by atoms with Crippen molar-refractivity contribution >= 4 is 12.3 Å². The van der Waals surface area contributed by atoms with Gasteiger partial charge in [0.05, 0.1) is 20.0 Å². The van der Waals surface area contributed by atoms with Crippen LogP contribution in [0.5, 0.6) is 0 Å². The summed E-state index contributed by atoms with van der Waals surface area (Å²) in [6, 6.07) is 0. The predicted molar refractivity (Wildman–Crippen MR) is 36.6 cm³/mol. The summed E-state index contributed by atoms with van der Waals surface area (Å²) in [5, 5.41) is 2.66.